The largest absolute Gasteiger partial charge is 0.481 e. The van der Waals surface area contributed by atoms with Crippen LogP contribution in [0.4, 0.5) is 4.39 Å². The highest BCUT2D eigenvalue weighted by atomic mass is 35.5. The van der Waals surface area contributed by atoms with Gasteiger partial charge in [-0.05, 0) is 34.9 Å². The third-order valence-corrected chi connectivity index (χ3v) is 5.16. The molecular weight excluding hydrogens is 406 g/mol. The molecule has 138 valence electrons. The number of fused-ring (bicyclic) bond motifs is 1. The van der Waals surface area contributed by atoms with Crippen LogP contribution >= 0.6 is 35.3 Å². The van der Waals surface area contributed by atoms with Gasteiger partial charge in [-0.2, -0.15) is 0 Å². The number of pyridine rings is 1. The Morgan fingerprint density at radius 2 is 2.00 bits per heavy atom. The first-order valence-corrected chi connectivity index (χ1v) is 9.21. The summed E-state index contributed by atoms with van der Waals surface area (Å²) in [5.74, 6) is 0.258. The molecule has 0 saturated carbocycles. The molecule has 0 N–H and O–H groups in total. The minimum absolute atomic E-state index is 0. The summed E-state index contributed by atoms with van der Waals surface area (Å²) in [7, 11) is 1.57. The predicted molar refractivity (Wildman–Crippen MR) is 111 cm³/mol. The maximum absolute atomic E-state index is 15.4. The Morgan fingerprint density at radius 3 is 2.70 bits per heavy atom. The summed E-state index contributed by atoms with van der Waals surface area (Å²) in [6.07, 6.45) is 2.14. The van der Waals surface area contributed by atoms with E-state index in [4.69, 9.17) is 16.3 Å². The zero-order valence-electron chi connectivity index (χ0n) is 14.3. The Bertz CT molecular complexity index is 1080. The van der Waals surface area contributed by atoms with Gasteiger partial charge in [0.15, 0.2) is 0 Å². The fraction of sp³-hybridized carbons (Fsp3) is 0.100. The van der Waals surface area contributed by atoms with Gasteiger partial charge in [0.1, 0.15) is 5.82 Å². The number of ether oxygens (including phenoxy) is 1. The number of hydrogen-bond acceptors (Lipinski definition) is 4. The molecule has 2 aromatic carbocycles. The van der Waals surface area contributed by atoms with Gasteiger partial charge in [0.05, 0.1) is 22.8 Å². The molecule has 0 unspecified atom stereocenters. The second-order valence-electron chi connectivity index (χ2n) is 5.82. The molecule has 2 aromatic heterocycles. The lowest BCUT2D eigenvalue weighted by atomic mass is 9.97. The van der Waals surface area contributed by atoms with Crippen molar-refractivity contribution in [1.82, 2.24) is 9.97 Å². The molecule has 0 amide bonds. The molecule has 27 heavy (non-hydrogen) atoms. The Balaban J connectivity index is 0.00000210. The molecule has 0 aliphatic carbocycles. The van der Waals surface area contributed by atoms with Gasteiger partial charge in [-0.1, -0.05) is 29.8 Å². The van der Waals surface area contributed by atoms with Crippen molar-refractivity contribution in [2.45, 2.75) is 6.42 Å². The molecule has 0 bridgehead atoms. The number of methoxy groups -OCH3 is 1. The topological polar surface area (TPSA) is 35.0 Å². The van der Waals surface area contributed by atoms with Gasteiger partial charge in [-0.25, -0.2) is 14.4 Å². The molecule has 0 fully saturated rings. The molecule has 4 aromatic rings. The molecule has 0 atom stereocenters. The summed E-state index contributed by atoms with van der Waals surface area (Å²) in [5.41, 5.74) is 5.11. The van der Waals surface area contributed by atoms with Gasteiger partial charge in [0, 0.05) is 29.3 Å². The lowest BCUT2D eigenvalue weighted by molar-refractivity contribution is 0.397. The minimum Gasteiger partial charge on any atom is -0.481 e. The van der Waals surface area contributed by atoms with Crippen LogP contribution in [-0.4, -0.2) is 17.1 Å². The number of thiazole rings is 1. The van der Waals surface area contributed by atoms with E-state index in [-0.39, 0.29) is 18.2 Å². The number of nitrogens with zero attached hydrogens (tertiary/aromatic N) is 2. The standard InChI is InChI=1S/C20H14ClFN2OS.ClH/c1-25-17-6-5-12(10-23-17)7-14-9-16-20(24-11-26-16)18(19(14)22)13-3-2-4-15(21)8-13;/h2-6,8-11H,7H2,1H3;1H. The molecule has 2 heterocycles. The lowest BCUT2D eigenvalue weighted by Crippen LogP contribution is -1.98. The van der Waals surface area contributed by atoms with E-state index in [1.807, 2.05) is 24.3 Å². The summed E-state index contributed by atoms with van der Waals surface area (Å²) < 4.78 is 21.4. The van der Waals surface area contributed by atoms with E-state index in [0.29, 0.717) is 34.0 Å². The van der Waals surface area contributed by atoms with E-state index < -0.39 is 0 Å². The Kier molecular flexibility index (Phi) is 5.95. The van der Waals surface area contributed by atoms with E-state index in [1.165, 1.54) is 11.3 Å². The SMILES string of the molecule is COc1ccc(Cc2cc3scnc3c(-c3cccc(Cl)c3)c2F)cn1.Cl. The third-order valence-electron chi connectivity index (χ3n) is 4.15. The number of halogens is 3. The van der Waals surface area contributed by atoms with Crippen LogP contribution in [0.3, 0.4) is 0 Å². The summed E-state index contributed by atoms with van der Waals surface area (Å²) in [5, 5.41) is 0.565. The van der Waals surface area contributed by atoms with E-state index in [0.717, 1.165) is 15.8 Å². The smallest absolute Gasteiger partial charge is 0.212 e. The molecular formula is C20H15Cl2FN2OS. The van der Waals surface area contributed by atoms with E-state index >= 15 is 4.39 Å². The summed E-state index contributed by atoms with van der Waals surface area (Å²) >= 11 is 7.60. The van der Waals surface area contributed by atoms with Gasteiger partial charge in [0.25, 0.3) is 0 Å². The number of benzene rings is 2. The zero-order valence-corrected chi connectivity index (χ0v) is 16.7. The first-order valence-electron chi connectivity index (χ1n) is 7.95. The Morgan fingerprint density at radius 1 is 1.15 bits per heavy atom. The fourth-order valence-corrected chi connectivity index (χ4v) is 3.86. The average Bonchev–Trinajstić information content (AvgIpc) is 3.11. The summed E-state index contributed by atoms with van der Waals surface area (Å²) in [4.78, 5) is 8.56. The van der Waals surface area contributed by atoms with E-state index in [1.54, 1.807) is 37.0 Å². The first kappa shape index (κ1) is 19.5. The van der Waals surface area contributed by atoms with E-state index in [2.05, 4.69) is 9.97 Å². The van der Waals surface area contributed by atoms with Crippen molar-refractivity contribution in [1.29, 1.82) is 0 Å². The normalized spacial score (nSPS) is 10.6. The number of rotatable bonds is 4. The van der Waals surface area contributed by atoms with Crippen molar-refractivity contribution in [2.75, 3.05) is 7.11 Å². The molecule has 3 nitrogen and oxygen atoms in total. The maximum Gasteiger partial charge on any atom is 0.212 e. The zero-order chi connectivity index (χ0) is 18.1. The van der Waals surface area contributed by atoms with Gasteiger partial charge in [-0.15, -0.1) is 23.7 Å². The van der Waals surface area contributed by atoms with Crippen molar-refractivity contribution >= 4 is 45.6 Å². The van der Waals surface area contributed by atoms with Crippen LogP contribution in [0.5, 0.6) is 5.88 Å². The van der Waals surface area contributed by atoms with Gasteiger partial charge in [-0.3, -0.25) is 0 Å². The van der Waals surface area contributed by atoms with Gasteiger partial charge < -0.3 is 4.74 Å². The molecule has 0 saturated heterocycles. The highest BCUT2D eigenvalue weighted by molar-refractivity contribution is 7.16. The third kappa shape index (κ3) is 3.90. The van der Waals surface area contributed by atoms with Crippen LogP contribution in [0.1, 0.15) is 11.1 Å². The molecule has 0 aliphatic heterocycles. The van der Waals surface area contributed by atoms with Gasteiger partial charge in [0.2, 0.25) is 5.88 Å². The summed E-state index contributed by atoms with van der Waals surface area (Å²) in [6.45, 7) is 0. The predicted octanol–water partition coefficient (Wildman–Crippen LogP) is 6.17. The van der Waals surface area contributed by atoms with Crippen LogP contribution in [-0.2, 0) is 6.42 Å². The Labute approximate surface area is 171 Å². The highest BCUT2D eigenvalue weighted by Crippen LogP contribution is 2.36. The number of hydrogen-bond donors (Lipinski definition) is 0. The second-order valence-corrected chi connectivity index (χ2v) is 7.14. The van der Waals surface area contributed by atoms with Crippen molar-refractivity contribution < 1.29 is 9.13 Å². The van der Waals surface area contributed by atoms with Crippen LogP contribution in [0.15, 0.2) is 54.2 Å². The van der Waals surface area contributed by atoms with E-state index in [9.17, 15) is 0 Å². The quantitative estimate of drug-likeness (QED) is 0.395. The second kappa shape index (κ2) is 8.21. The average molecular weight is 421 g/mol. The summed E-state index contributed by atoms with van der Waals surface area (Å²) in [6, 6.07) is 12.7. The lowest BCUT2D eigenvalue weighted by Gasteiger charge is -2.11. The maximum atomic E-state index is 15.4. The van der Waals surface area contributed by atoms with Crippen LogP contribution < -0.4 is 4.74 Å². The van der Waals surface area contributed by atoms with Crippen LogP contribution in [0, 0.1) is 5.82 Å². The monoisotopic (exact) mass is 420 g/mol. The highest BCUT2D eigenvalue weighted by Gasteiger charge is 2.18. The molecule has 0 aliphatic rings. The number of aromatic nitrogens is 2. The van der Waals surface area contributed by atoms with Crippen LogP contribution in [0.2, 0.25) is 5.02 Å². The minimum atomic E-state index is -0.276. The fourth-order valence-electron chi connectivity index (χ4n) is 2.92. The molecule has 0 spiro atoms. The van der Waals surface area contributed by atoms with Crippen molar-refractivity contribution in [3.8, 4) is 17.0 Å². The van der Waals surface area contributed by atoms with Crippen molar-refractivity contribution in [3.05, 3.63) is 76.1 Å². The molecule has 0 radical (unpaired) electrons. The Hall–Kier alpha value is -2.21. The molecule has 4 rings (SSSR count). The van der Waals surface area contributed by atoms with Crippen molar-refractivity contribution in [3.63, 3.8) is 0 Å². The first-order chi connectivity index (χ1) is 12.7. The van der Waals surface area contributed by atoms with Crippen molar-refractivity contribution in [2.24, 2.45) is 0 Å². The van der Waals surface area contributed by atoms with Gasteiger partial charge >= 0.3 is 0 Å². The van der Waals surface area contributed by atoms with Crippen LogP contribution in [0.25, 0.3) is 21.3 Å². The molecule has 7 heteroatoms.